The number of ether oxygens (including phenoxy) is 1. The third kappa shape index (κ3) is 2.49. The van der Waals surface area contributed by atoms with Gasteiger partial charge in [-0.3, -0.25) is 0 Å². The van der Waals surface area contributed by atoms with Crippen LogP contribution in [0.5, 0.6) is 5.75 Å². The van der Waals surface area contributed by atoms with Crippen LogP contribution in [0.2, 0.25) is 5.02 Å². The molecule has 0 atom stereocenters. The van der Waals surface area contributed by atoms with Gasteiger partial charge in [-0.1, -0.05) is 11.6 Å². The molecule has 2 N–H and O–H groups in total. The van der Waals surface area contributed by atoms with Gasteiger partial charge in [-0.05, 0) is 31.0 Å². The van der Waals surface area contributed by atoms with Gasteiger partial charge in [0.05, 0.1) is 12.1 Å². The van der Waals surface area contributed by atoms with Crippen molar-refractivity contribution in [3.05, 3.63) is 35.0 Å². The number of methoxy groups -OCH3 is 1. The average Bonchev–Trinajstić information content (AvgIpc) is 3.22. The van der Waals surface area contributed by atoms with Crippen LogP contribution >= 0.6 is 11.6 Å². The van der Waals surface area contributed by atoms with E-state index in [9.17, 15) is 0 Å². The predicted octanol–water partition coefficient (Wildman–Crippen LogP) is 3.27. The van der Waals surface area contributed by atoms with Crippen molar-refractivity contribution >= 4 is 17.4 Å². The third-order valence-corrected chi connectivity index (χ3v) is 3.47. The first-order valence-corrected chi connectivity index (χ1v) is 6.53. The second kappa shape index (κ2) is 4.70. The molecule has 1 saturated carbocycles. The van der Waals surface area contributed by atoms with Gasteiger partial charge >= 0.3 is 0 Å². The highest BCUT2D eigenvalue weighted by atomic mass is 35.5. The van der Waals surface area contributed by atoms with Gasteiger partial charge < -0.3 is 10.5 Å². The van der Waals surface area contributed by atoms with E-state index in [-0.39, 0.29) is 0 Å². The van der Waals surface area contributed by atoms with Crippen LogP contribution in [0.15, 0.2) is 24.3 Å². The van der Waals surface area contributed by atoms with E-state index in [1.165, 1.54) is 12.8 Å². The summed E-state index contributed by atoms with van der Waals surface area (Å²) in [7, 11) is 1.59. The summed E-state index contributed by atoms with van der Waals surface area (Å²) in [5.74, 6) is 2.29. The van der Waals surface area contributed by atoms with E-state index in [1.54, 1.807) is 19.2 Å². The van der Waals surface area contributed by atoms with E-state index in [0.717, 1.165) is 11.3 Å². The van der Waals surface area contributed by atoms with E-state index in [2.05, 4.69) is 9.97 Å². The largest absolute Gasteiger partial charge is 0.495 e. The molecule has 2 aromatic rings. The zero-order valence-corrected chi connectivity index (χ0v) is 11.3. The van der Waals surface area contributed by atoms with Crippen molar-refractivity contribution in [1.29, 1.82) is 0 Å². The molecule has 0 aliphatic heterocycles. The minimum atomic E-state index is 0.499. The molecule has 1 heterocycles. The Kier molecular flexibility index (Phi) is 3.03. The fourth-order valence-electron chi connectivity index (χ4n) is 2.01. The zero-order valence-electron chi connectivity index (χ0n) is 10.6. The molecule has 5 heteroatoms. The average molecular weight is 276 g/mol. The second-order valence-corrected chi connectivity index (χ2v) is 5.07. The van der Waals surface area contributed by atoms with Crippen molar-refractivity contribution in [2.75, 3.05) is 12.8 Å². The molecule has 1 fully saturated rings. The molecule has 1 aromatic carbocycles. The quantitative estimate of drug-likeness (QED) is 0.934. The molecule has 0 spiro atoms. The maximum absolute atomic E-state index is 6.12. The Hall–Kier alpha value is -1.81. The molecule has 0 unspecified atom stereocenters. The first kappa shape index (κ1) is 12.2. The first-order chi connectivity index (χ1) is 9.17. The van der Waals surface area contributed by atoms with Crippen LogP contribution in [0.1, 0.15) is 24.5 Å². The topological polar surface area (TPSA) is 61.0 Å². The van der Waals surface area contributed by atoms with E-state index in [1.807, 2.05) is 12.1 Å². The third-order valence-electron chi connectivity index (χ3n) is 3.17. The lowest BCUT2D eigenvalue weighted by Gasteiger charge is -2.07. The maximum atomic E-state index is 6.12. The van der Waals surface area contributed by atoms with Gasteiger partial charge in [0.25, 0.3) is 0 Å². The number of halogens is 1. The SMILES string of the molecule is COc1ccc(-c2nc(N)cc(C3CC3)n2)cc1Cl. The van der Waals surface area contributed by atoms with E-state index < -0.39 is 0 Å². The molecule has 0 bridgehead atoms. The minimum absolute atomic E-state index is 0.499. The zero-order chi connectivity index (χ0) is 13.4. The van der Waals surface area contributed by atoms with Crippen molar-refractivity contribution in [2.45, 2.75) is 18.8 Å². The van der Waals surface area contributed by atoms with Crippen LogP contribution in [0.3, 0.4) is 0 Å². The smallest absolute Gasteiger partial charge is 0.161 e. The lowest BCUT2D eigenvalue weighted by Crippen LogP contribution is -1.99. The molecule has 98 valence electrons. The molecule has 3 rings (SSSR count). The van der Waals surface area contributed by atoms with Gasteiger partial charge in [-0.15, -0.1) is 0 Å². The number of hydrogen-bond donors (Lipinski definition) is 1. The Morgan fingerprint density at radius 3 is 2.68 bits per heavy atom. The van der Waals surface area contributed by atoms with Gasteiger partial charge in [0.2, 0.25) is 0 Å². The summed E-state index contributed by atoms with van der Waals surface area (Å²) >= 11 is 6.12. The monoisotopic (exact) mass is 275 g/mol. The van der Waals surface area contributed by atoms with Gasteiger partial charge in [0.1, 0.15) is 11.6 Å². The van der Waals surface area contributed by atoms with Crippen LogP contribution in [0.4, 0.5) is 5.82 Å². The minimum Gasteiger partial charge on any atom is -0.495 e. The molecule has 0 saturated heterocycles. The Labute approximate surface area is 116 Å². The van der Waals surface area contributed by atoms with Gasteiger partial charge in [0.15, 0.2) is 5.82 Å². The fraction of sp³-hybridized carbons (Fsp3) is 0.286. The maximum Gasteiger partial charge on any atom is 0.161 e. The summed E-state index contributed by atoms with van der Waals surface area (Å²) in [6.45, 7) is 0. The lowest BCUT2D eigenvalue weighted by molar-refractivity contribution is 0.415. The highest BCUT2D eigenvalue weighted by Crippen LogP contribution is 2.40. The second-order valence-electron chi connectivity index (χ2n) is 4.66. The number of benzene rings is 1. The van der Waals surface area contributed by atoms with Gasteiger partial charge in [-0.2, -0.15) is 0 Å². The van der Waals surface area contributed by atoms with Crippen LogP contribution in [-0.2, 0) is 0 Å². The summed E-state index contributed by atoms with van der Waals surface area (Å²) < 4.78 is 5.13. The number of hydrogen-bond acceptors (Lipinski definition) is 4. The Morgan fingerprint density at radius 1 is 1.26 bits per heavy atom. The number of anilines is 1. The van der Waals surface area contributed by atoms with E-state index in [0.29, 0.717) is 28.3 Å². The molecule has 1 aromatic heterocycles. The standard InChI is InChI=1S/C14H14ClN3O/c1-19-12-5-4-9(6-10(12)15)14-17-11(8-2-3-8)7-13(16)18-14/h4-8H,2-3H2,1H3,(H2,16,17,18). The first-order valence-electron chi connectivity index (χ1n) is 6.16. The van der Waals surface area contributed by atoms with Crippen molar-refractivity contribution in [3.8, 4) is 17.1 Å². The summed E-state index contributed by atoms with van der Waals surface area (Å²) in [6, 6.07) is 7.34. The Morgan fingerprint density at radius 2 is 2.05 bits per heavy atom. The summed E-state index contributed by atoms with van der Waals surface area (Å²) in [5.41, 5.74) is 7.72. The Balaban J connectivity index is 2.03. The van der Waals surface area contributed by atoms with Gasteiger partial charge in [0, 0.05) is 23.2 Å². The predicted molar refractivity (Wildman–Crippen MR) is 75.4 cm³/mol. The highest BCUT2D eigenvalue weighted by molar-refractivity contribution is 6.32. The fourth-order valence-corrected chi connectivity index (χ4v) is 2.27. The molecular weight excluding hydrogens is 262 g/mol. The molecule has 1 aliphatic rings. The van der Waals surface area contributed by atoms with Crippen LogP contribution in [0.25, 0.3) is 11.4 Å². The van der Waals surface area contributed by atoms with Crippen molar-refractivity contribution in [2.24, 2.45) is 0 Å². The van der Waals surface area contributed by atoms with Crippen LogP contribution in [-0.4, -0.2) is 17.1 Å². The van der Waals surface area contributed by atoms with Crippen LogP contribution < -0.4 is 10.5 Å². The van der Waals surface area contributed by atoms with E-state index >= 15 is 0 Å². The molecule has 1 aliphatic carbocycles. The summed E-state index contributed by atoms with van der Waals surface area (Å²) in [4.78, 5) is 8.85. The van der Waals surface area contributed by atoms with Crippen LogP contribution in [0, 0.1) is 0 Å². The number of nitrogens with two attached hydrogens (primary N) is 1. The highest BCUT2D eigenvalue weighted by Gasteiger charge is 2.26. The summed E-state index contributed by atoms with van der Waals surface area (Å²) in [5, 5.41) is 0.541. The number of nitrogen functional groups attached to an aromatic ring is 1. The number of rotatable bonds is 3. The number of aromatic nitrogens is 2. The molecule has 19 heavy (non-hydrogen) atoms. The van der Waals surface area contributed by atoms with Crippen molar-refractivity contribution in [3.63, 3.8) is 0 Å². The number of nitrogens with zero attached hydrogens (tertiary/aromatic N) is 2. The van der Waals surface area contributed by atoms with Crippen molar-refractivity contribution < 1.29 is 4.74 Å². The lowest BCUT2D eigenvalue weighted by atomic mass is 10.2. The molecule has 4 nitrogen and oxygen atoms in total. The Bertz CT molecular complexity index is 626. The van der Waals surface area contributed by atoms with Crippen molar-refractivity contribution in [1.82, 2.24) is 9.97 Å². The summed E-state index contributed by atoms with van der Waals surface area (Å²) in [6.07, 6.45) is 2.36. The van der Waals surface area contributed by atoms with E-state index in [4.69, 9.17) is 22.1 Å². The molecular formula is C14H14ClN3O. The molecule has 0 radical (unpaired) electrons. The molecule has 0 amide bonds. The normalized spacial score (nSPS) is 14.4. The van der Waals surface area contributed by atoms with Gasteiger partial charge in [-0.25, -0.2) is 9.97 Å².